The molecule has 3 heterocycles. The molecule has 6 nitrogen and oxygen atoms in total. The normalized spacial score (nSPS) is 16.6. The summed E-state index contributed by atoms with van der Waals surface area (Å²) in [7, 11) is 0. The van der Waals surface area contributed by atoms with Crippen LogP contribution in [0.3, 0.4) is 0 Å². The largest absolute Gasteiger partial charge is 0.381 e. The minimum absolute atomic E-state index is 0.0556. The fourth-order valence-electron chi connectivity index (χ4n) is 3.47. The molecular formula is C21H25N5O. The maximum absolute atomic E-state index is 13.1. The second-order valence-electron chi connectivity index (χ2n) is 6.91. The van der Waals surface area contributed by atoms with Gasteiger partial charge in [0.25, 0.3) is 5.56 Å². The Kier molecular flexibility index (Phi) is 5.07. The molecule has 2 aromatic heterocycles. The molecule has 0 bridgehead atoms. The van der Waals surface area contributed by atoms with Gasteiger partial charge in [0, 0.05) is 31.0 Å². The molecule has 0 radical (unpaired) electrons. The monoisotopic (exact) mass is 363 g/mol. The summed E-state index contributed by atoms with van der Waals surface area (Å²) in [5.74, 6) is 0.647. The summed E-state index contributed by atoms with van der Waals surface area (Å²) in [6.07, 6.45) is 3.86. The number of hydrogen-bond donors (Lipinski definition) is 3. The van der Waals surface area contributed by atoms with Crippen molar-refractivity contribution in [3.05, 3.63) is 59.0 Å². The highest BCUT2D eigenvalue weighted by atomic mass is 16.1. The minimum atomic E-state index is -0.0556. The topological polar surface area (TPSA) is 70.5 Å². The zero-order valence-corrected chi connectivity index (χ0v) is 15.5. The molecular weight excluding hydrogens is 338 g/mol. The number of fused-ring (bicyclic) bond motifs is 1. The standard InChI is InChI=1S/C21H25N5O/c1-2-11-23-20-19(21(27)26-13-4-3-5-18(26)25-20)15-6-8-16(9-7-15)24-17-10-12-22-14-17/h3-9,13,17,22-24H,2,10-12,14H2,1H3. The number of hydrogen-bond acceptors (Lipinski definition) is 5. The van der Waals surface area contributed by atoms with Crippen molar-refractivity contribution in [2.45, 2.75) is 25.8 Å². The van der Waals surface area contributed by atoms with Crippen LogP contribution >= 0.6 is 0 Å². The van der Waals surface area contributed by atoms with Crippen molar-refractivity contribution in [3.8, 4) is 11.1 Å². The summed E-state index contributed by atoms with van der Waals surface area (Å²) in [4.78, 5) is 17.8. The molecule has 6 heteroatoms. The van der Waals surface area contributed by atoms with Gasteiger partial charge in [0.15, 0.2) is 0 Å². The van der Waals surface area contributed by atoms with Gasteiger partial charge >= 0.3 is 0 Å². The van der Waals surface area contributed by atoms with E-state index in [0.717, 1.165) is 43.7 Å². The number of rotatable bonds is 6. The van der Waals surface area contributed by atoms with Crippen LogP contribution in [0.15, 0.2) is 53.5 Å². The van der Waals surface area contributed by atoms with E-state index in [9.17, 15) is 4.79 Å². The van der Waals surface area contributed by atoms with Crippen molar-refractivity contribution < 1.29 is 0 Å². The molecule has 4 rings (SSSR count). The van der Waals surface area contributed by atoms with Gasteiger partial charge in [-0.1, -0.05) is 25.1 Å². The Bertz CT molecular complexity index is 974. The van der Waals surface area contributed by atoms with Gasteiger partial charge in [-0.05, 0) is 49.2 Å². The van der Waals surface area contributed by atoms with Gasteiger partial charge in [-0.15, -0.1) is 0 Å². The minimum Gasteiger partial charge on any atom is -0.381 e. The lowest BCUT2D eigenvalue weighted by molar-refractivity contribution is 0.793. The first-order valence-corrected chi connectivity index (χ1v) is 9.59. The average Bonchev–Trinajstić information content (AvgIpc) is 3.20. The third-order valence-corrected chi connectivity index (χ3v) is 4.88. The molecule has 1 aromatic carbocycles. The van der Waals surface area contributed by atoms with Crippen molar-refractivity contribution in [1.29, 1.82) is 0 Å². The van der Waals surface area contributed by atoms with Crippen LogP contribution in [-0.2, 0) is 0 Å². The van der Waals surface area contributed by atoms with Crippen molar-refractivity contribution in [1.82, 2.24) is 14.7 Å². The van der Waals surface area contributed by atoms with Gasteiger partial charge in [-0.3, -0.25) is 9.20 Å². The highest BCUT2D eigenvalue weighted by molar-refractivity contribution is 5.77. The van der Waals surface area contributed by atoms with E-state index in [1.54, 1.807) is 10.6 Å². The predicted molar refractivity (Wildman–Crippen MR) is 111 cm³/mol. The van der Waals surface area contributed by atoms with Gasteiger partial charge in [0.2, 0.25) is 0 Å². The van der Waals surface area contributed by atoms with Crippen molar-refractivity contribution >= 4 is 17.2 Å². The summed E-state index contributed by atoms with van der Waals surface area (Å²) >= 11 is 0. The maximum Gasteiger partial charge on any atom is 0.267 e. The summed E-state index contributed by atoms with van der Waals surface area (Å²) in [6.45, 7) is 4.92. The van der Waals surface area contributed by atoms with Gasteiger partial charge in [0.1, 0.15) is 11.5 Å². The highest BCUT2D eigenvalue weighted by Gasteiger charge is 2.16. The van der Waals surface area contributed by atoms with Crippen LogP contribution in [0.1, 0.15) is 19.8 Å². The number of nitrogens with zero attached hydrogens (tertiary/aromatic N) is 2. The van der Waals surface area contributed by atoms with E-state index in [4.69, 9.17) is 0 Å². The first-order valence-electron chi connectivity index (χ1n) is 9.59. The summed E-state index contributed by atoms with van der Waals surface area (Å²) in [6, 6.07) is 14.1. The molecule has 0 amide bonds. The molecule has 1 aliphatic rings. The molecule has 140 valence electrons. The molecule has 0 saturated carbocycles. The number of benzene rings is 1. The van der Waals surface area contributed by atoms with Crippen LogP contribution in [0.2, 0.25) is 0 Å². The fourth-order valence-corrected chi connectivity index (χ4v) is 3.47. The second kappa shape index (κ2) is 7.80. The van der Waals surface area contributed by atoms with E-state index in [0.29, 0.717) is 23.1 Å². The molecule has 1 unspecified atom stereocenters. The van der Waals surface area contributed by atoms with Gasteiger partial charge in [0.05, 0.1) is 5.56 Å². The van der Waals surface area contributed by atoms with Crippen molar-refractivity contribution in [2.75, 3.05) is 30.3 Å². The Labute approximate surface area is 158 Å². The predicted octanol–water partition coefficient (Wildman–Crippen LogP) is 2.96. The number of anilines is 2. The summed E-state index contributed by atoms with van der Waals surface area (Å²) < 4.78 is 1.60. The molecule has 3 N–H and O–H groups in total. The maximum atomic E-state index is 13.1. The summed E-state index contributed by atoms with van der Waals surface area (Å²) in [5.41, 5.74) is 3.15. The van der Waals surface area contributed by atoms with Gasteiger partial charge < -0.3 is 16.0 Å². The van der Waals surface area contributed by atoms with E-state index in [1.165, 1.54) is 0 Å². The van der Waals surface area contributed by atoms with E-state index in [-0.39, 0.29) is 5.56 Å². The lowest BCUT2D eigenvalue weighted by Crippen LogP contribution is -2.22. The molecule has 1 fully saturated rings. The third-order valence-electron chi connectivity index (χ3n) is 4.88. The van der Waals surface area contributed by atoms with E-state index < -0.39 is 0 Å². The van der Waals surface area contributed by atoms with Gasteiger partial charge in [-0.25, -0.2) is 4.98 Å². The molecule has 0 spiro atoms. The van der Waals surface area contributed by atoms with E-state index in [2.05, 4.69) is 27.9 Å². The van der Waals surface area contributed by atoms with E-state index in [1.807, 2.05) is 42.5 Å². The fraction of sp³-hybridized carbons (Fsp3) is 0.333. The van der Waals surface area contributed by atoms with Crippen LogP contribution in [0.4, 0.5) is 11.5 Å². The zero-order chi connectivity index (χ0) is 18.6. The van der Waals surface area contributed by atoms with Crippen molar-refractivity contribution in [2.24, 2.45) is 0 Å². The molecule has 27 heavy (non-hydrogen) atoms. The zero-order valence-electron chi connectivity index (χ0n) is 15.5. The van der Waals surface area contributed by atoms with Crippen LogP contribution in [0.5, 0.6) is 0 Å². The smallest absolute Gasteiger partial charge is 0.267 e. The Balaban J connectivity index is 1.72. The van der Waals surface area contributed by atoms with E-state index >= 15 is 0 Å². The van der Waals surface area contributed by atoms with Crippen LogP contribution < -0.4 is 21.5 Å². The molecule has 1 atom stereocenters. The average molecular weight is 363 g/mol. The Hall–Kier alpha value is -2.86. The molecule has 3 aromatic rings. The van der Waals surface area contributed by atoms with Gasteiger partial charge in [-0.2, -0.15) is 0 Å². The SMILES string of the molecule is CCCNc1nc2ccccn2c(=O)c1-c1ccc(NC2CCNC2)cc1. The highest BCUT2D eigenvalue weighted by Crippen LogP contribution is 2.25. The molecule has 0 aliphatic carbocycles. The second-order valence-corrected chi connectivity index (χ2v) is 6.91. The molecule has 1 saturated heterocycles. The Morgan fingerprint density at radius 3 is 2.81 bits per heavy atom. The number of nitrogens with one attached hydrogen (secondary N) is 3. The summed E-state index contributed by atoms with van der Waals surface area (Å²) in [5, 5.41) is 10.2. The quantitative estimate of drug-likeness (QED) is 0.628. The van der Waals surface area contributed by atoms with Crippen LogP contribution in [0.25, 0.3) is 16.8 Å². The van der Waals surface area contributed by atoms with Crippen molar-refractivity contribution in [3.63, 3.8) is 0 Å². The van der Waals surface area contributed by atoms with Crippen LogP contribution in [-0.4, -0.2) is 35.1 Å². The lowest BCUT2D eigenvalue weighted by Gasteiger charge is -2.15. The lowest BCUT2D eigenvalue weighted by atomic mass is 10.1. The van der Waals surface area contributed by atoms with Crippen LogP contribution in [0, 0.1) is 0 Å². The first-order chi connectivity index (χ1) is 13.3. The number of aromatic nitrogens is 2. The number of pyridine rings is 1. The third kappa shape index (κ3) is 3.66. The Morgan fingerprint density at radius 2 is 2.07 bits per heavy atom. The molecule has 1 aliphatic heterocycles. The first kappa shape index (κ1) is 17.5. The Morgan fingerprint density at radius 1 is 1.22 bits per heavy atom.